The summed E-state index contributed by atoms with van der Waals surface area (Å²) >= 11 is 3.51. The molecular weight excluding hydrogens is 495 g/mol. The average molecular weight is 517 g/mol. The number of hydrogen-bond acceptors (Lipinski definition) is 6. The fraction of sp³-hybridized carbons (Fsp3) is 0.167. The summed E-state index contributed by atoms with van der Waals surface area (Å²) in [5.41, 5.74) is 1.51. The highest BCUT2D eigenvalue weighted by Gasteiger charge is 2.32. The van der Waals surface area contributed by atoms with E-state index in [0.717, 1.165) is 10.0 Å². The summed E-state index contributed by atoms with van der Waals surface area (Å²) < 4.78 is 30.9. The zero-order valence-corrected chi connectivity index (χ0v) is 20.3. The third kappa shape index (κ3) is 5.01. The molecule has 0 N–H and O–H groups in total. The van der Waals surface area contributed by atoms with Crippen molar-refractivity contribution < 1.29 is 28.2 Å². The number of halogens is 1. The molecule has 0 heterocycles. The molecule has 0 radical (unpaired) electrons. The first-order valence-electron chi connectivity index (χ1n) is 9.71. The van der Waals surface area contributed by atoms with Gasteiger partial charge in [-0.1, -0.05) is 34.1 Å². The molecule has 3 aromatic rings. The van der Waals surface area contributed by atoms with E-state index >= 15 is 0 Å². The Morgan fingerprint density at radius 3 is 1.62 bits per heavy atom. The minimum Gasteiger partial charge on any atom is -0.465 e. The van der Waals surface area contributed by atoms with Crippen molar-refractivity contribution >= 4 is 45.8 Å². The molecule has 0 saturated heterocycles. The maximum absolute atomic E-state index is 14.3. The number of carbonyl (C=O) groups is 2. The van der Waals surface area contributed by atoms with Gasteiger partial charge in [0, 0.05) is 15.1 Å². The molecule has 0 bridgehead atoms. The van der Waals surface area contributed by atoms with Crippen LogP contribution in [0.25, 0.3) is 0 Å². The van der Waals surface area contributed by atoms with Gasteiger partial charge >= 0.3 is 11.9 Å². The van der Waals surface area contributed by atoms with E-state index in [-0.39, 0.29) is 0 Å². The first-order chi connectivity index (χ1) is 15.3. The Kier molecular flexibility index (Phi) is 7.67. The summed E-state index contributed by atoms with van der Waals surface area (Å²) in [5.74, 6) is -0.979. The summed E-state index contributed by atoms with van der Waals surface area (Å²) in [7, 11) is -1.01. The zero-order valence-electron chi connectivity index (χ0n) is 17.8. The van der Waals surface area contributed by atoms with Crippen molar-refractivity contribution in [1.82, 2.24) is 0 Å². The number of methoxy groups -OCH3 is 2. The van der Waals surface area contributed by atoms with Crippen molar-refractivity contribution in [3.63, 3.8) is 0 Å². The smallest absolute Gasteiger partial charge is 0.337 e. The Morgan fingerprint density at radius 1 is 0.781 bits per heavy atom. The molecule has 0 aliphatic heterocycles. The van der Waals surface area contributed by atoms with Gasteiger partial charge in [0.1, 0.15) is 0 Å². The zero-order chi connectivity index (χ0) is 23.3. The Labute approximate surface area is 195 Å². The lowest BCUT2D eigenvalue weighted by atomic mass is 10.1. The first-order valence-corrected chi connectivity index (χ1v) is 12.1. The first kappa shape index (κ1) is 23.9. The van der Waals surface area contributed by atoms with Crippen LogP contribution in [0.3, 0.4) is 0 Å². The molecule has 3 rings (SSSR count). The maximum Gasteiger partial charge on any atom is 0.337 e. The average Bonchev–Trinajstić information content (AvgIpc) is 2.83. The summed E-state index contributed by atoms with van der Waals surface area (Å²) in [6, 6.07) is 20.1. The highest BCUT2D eigenvalue weighted by molar-refractivity contribution is 9.10. The Bertz CT molecular complexity index is 1090. The molecule has 0 saturated carbocycles. The Balaban J connectivity index is 2.06. The number of carbonyl (C=O) groups excluding carboxylic acids is 2. The largest absolute Gasteiger partial charge is 0.465 e. The van der Waals surface area contributed by atoms with Crippen molar-refractivity contribution in [3.05, 3.63) is 94.0 Å². The van der Waals surface area contributed by atoms with E-state index in [4.69, 9.17) is 14.0 Å². The van der Waals surface area contributed by atoms with Gasteiger partial charge in [0.25, 0.3) is 7.37 Å². The Morgan fingerprint density at radius 2 is 1.22 bits per heavy atom. The van der Waals surface area contributed by atoms with Crippen molar-refractivity contribution in [1.29, 1.82) is 0 Å². The second kappa shape index (κ2) is 10.3. The summed E-state index contributed by atoms with van der Waals surface area (Å²) in [6.45, 7) is 1.82. The van der Waals surface area contributed by atoms with E-state index in [1.54, 1.807) is 48.5 Å². The quantitative estimate of drug-likeness (QED) is 0.323. The van der Waals surface area contributed by atoms with Crippen LogP contribution >= 0.6 is 23.3 Å². The molecule has 166 valence electrons. The second-order valence-corrected chi connectivity index (χ2v) is 10.1. The fourth-order valence-corrected chi connectivity index (χ4v) is 5.97. The predicted octanol–water partition coefficient (Wildman–Crippen LogP) is 5.03. The van der Waals surface area contributed by atoms with Crippen LogP contribution in [0.2, 0.25) is 0 Å². The third-order valence-corrected chi connectivity index (χ3v) is 8.20. The summed E-state index contributed by atoms with van der Waals surface area (Å²) in [5, 5.41) is 0.824. The van der Waals surface area contributed by atoms with E-state index in [1.807, 2.05) is 31.2 Å². The van der Waals surface area contributed by atoms with Gasteiger partial charge in [-0.2, -0.15) is 0 Å². The van der Waals surface area contributed by atoms with Crippen LogP contribution in [-0.2, 0) is 18.6 Å². The molecule has 0 aromatic heterocycles. The minimum atomic E-state index is -3.61. The molecule has 0 aliphatic carbocycles. The van der Waals surface area contributed by atoms with E-state index in [0.29, 0.717) is 21.7 Å². The standard InChI is InChI=1S/C24H22BrO6P/c1-16(21-6-4-5-7-22(21)25)31-32(28,19-12-8-17(9-13-19)23(26)29-2)20-14-10-18(11-15-20)24(27)30-3/h4-16H,1-3H3. The lowest BCUT2D eigenvalue weighted by molar-refractivity contribution is 0.0592. The lowest BCUT2D eigenvalue weighted by Gasteiger charge is -2.24. The van der Waals surface area contributed by atoms with Crippen molar-refractivity contribution in [2.24, 2.45) is 0 Å². The molecule has 6 nitrogen and oxygen atoms in total. The number of esters is 2. The molecular formula is C24H22BrO6P. The lowest BCUT2D eigenvalue weighted by Crippen LogP contribution is -2.20. The third-order valence-electron chi connectivity index (χ3n) is 4.91. The van der Waals surface area contributed by atoms with Crippen LogP contribution in [0, 0.1) is 0 Å². The monoisotopic (exact) mass is 516 g/mol. The van der Waals surface area contributed by atoms with Gasteiger partial charge in [-0.3, -0.25) is 4.57 Å². The molecule has 0 spiro atoms. The molecule has 0 fully saturated rings. The van der Waals surface area contributed by atoms with Gasteiger partial charge in [-0.05, 0) is 67.1 Å². The maximum atomic E-state index is 14.3. The van der Waals surface area contributed by atoms with Gasteiger partial charge in [0.2, 0.25) is 0 Å². The number of benzene rings is 3. The number of hydrogen-bond donors (Lipinski definition) is 0. The van der Waals surface area contributed by atoms with Crippen LogP contribution in [0.4, 0.5) is 0 Å². The SMILES string of the molecule is COC(=O)c1ccc(P(=O)(OC(C)c2ccccc2Br)c2ccc(C(=O)OC)cc2)cc1. The molecule has 0 aliphatic rings. The van der Waals surface area contributed by atoms with Crippen molar-refractivity contribution in [2.45, 2.75) is 13.0 Å². The van der Waals surface area contributed by atoms with Gasteiger partial charge < -0.3 is 14.0 Å². The molecule has 1 atom stereocenters. The van der Waals surface area contributed by atoms with Crippen LogP contribution in [0.1, 0.15) is 39.3 Å². The predicted molar refractivity (Wildman–Crippen MR) is 126 cm³/mol. The van der Waals surface area contributed by atoms with E-state index in [9.17, 15) is 14.2 Å². The molecule has 1 unspecified atom stereocenters. The molecule has 3 aromatic carbocycles. The number of ether oxygens (including phenoxy) is 2. The second-order valence-electron chi connectivity index (χ2n) is 6.90. The summed E-state index contributed by atoms with van der Waals surface area (Å²) in [4.78, 5) is 23.6. The van der Waals surface area contributed by atoms with E-state index in [1.165, 1.54) is 14.2 Å². The van der Waals surface area contributed by atoms with Gasteiger partial charge in [0.15, 0.2) is 0 Å². The molecule has 0 amide bonds. The minimum absolute atomic E-state index is 0.336. The molecule has 8 heteroatoms. The normalized spacial score (nSPS) is 12.1. The summed E-state index contributed by atoms with van der Waals surface area (Å²) in [6.07, 6.45) is -0.517. The fourth-order valence-electron chi connectivity index (χ4n) is 3.18. The van der Waals surface area contributed by atoms with Crippen LogP contribution in [-0.4, -0.2) is 26.2 Å². The van der Waals surface area contributed by atoms with Crippen LogP contribution < -0.4 is 10.6 Å². The van der Waals surface area contributed by atoms with Crippen LogP contribution in [0.15, 0.2) is 77.3 Å². The van der Waals surface area contributed by atoms with Crippen molar-refractivity contribution in [3.8, 4) is 0 Å². The van der Waals surface area contributed by atoms with Gasteiger partial charge in [-0.15, -0.1) is 0 Å². The topological polar surface area (TPSA) is 78.9 Å². The highest BCUT2D eigenvalue weighted by Crippen LogP contribution is 2.49. The van der Waals surface area contributed by atoms with Gasteiger partial charge in [0.05, 0.1) is 31.5 Å². The molecule has 32 heavy (non-hydrogen) atoms. The van der Waals surface area contributed by atoms with E-state index < -0.39 is 25.4 Å². The van der Waals surface area contributed by atoms with Gasteiger partial charge in [-0.25, -0.2) is 9.59 Å². The number of rotatable bonds is 7. The van der Waals surface area contributed by atoms with Crippen molar-refractivity contribution in [2.75, 3.05) is 14.2 Å². The van der Waals surface area contributed by atoms with Crippen LogP contribution in [0.5, 0.6) is 0 Å². The van der Waals surface area contributed by atoms with E-state index in [2.05, 4.69) is 15.9 Å². The highest BCUT2D eigenvalue weighted by atomic mass is 79.9. The Hall–Kier alpha value is -2.73.